The van der Waals surface area contributed by atoms with Crippen molar-refractivity contribution < 1.29 is 27.9 Å². The molecule has 0 amide bonds. The van der Waals surface area contributed by atoms with E-state index < -0.39 is 0 Å². The van der Waals surface area contributed by atoms with Crippen LogP contribution in [0.4, 0.5) is 0 Å². The fraction of sp³-hybridized carbons (Fsp3) is 1.00. The summed E-state index contributed by atoms with van der Waals surface area (Å²) in [5, 5.41) is 0. The molecule has 115 valence electrons. The third kappa shape index (κ3) is 16.0. The third-order valence-corrected chi connectivity index (χ3v) is 2.03. The van der Waals surface area contributed by atoms with Crippen molar-refractivity contribution in [3.05, 3.63) is 0 Å². The highest BCUT2D eigenvalue weighted by Gasteiger charge is 2.00. The Bertz CT molecular complexity index is 131. The summed E-state index contributed by atoms with van der Waals surface area (Å²) >= 11 is 0. The van der Waals surface area contributed by atoms with Crippen LogP contribution >= 0.6 is 0 Å². The van der Waals surface area contributed by atoms with Crippen LogP contribution in [0.3, 0.4) is 0 Å². The lowest BCUT2D eigenvalue weighted by molar-refractivity contribution is 0.156. The van der Waals surface area contributed by atoms with Crippen LogP contribution < -0.4 is 0 Å². The van der Waals surface area contributed by atoms with Crippen molar-refractivity contribution >= 4 is 23.1 Å². The monoisotopic (exact) mass is 287 g/mol. The normalized spacial score (nSPS) is 20.4. The molecule has 0 N–H and O–H groups in total. The summed E-state index contributed by atoms with van der Waals surface area (Å²) in [5.74, 6) is 0. The van der Waals surface area contributed by atoms with Crippen molar-refractivity contribution in [2.75, 3.05) is 39.6 Å². The minimum absolute atomic E-state index is 0. The van der Waals surface area contributed by atoms with Crippen LogP contribution in [0.1, 0.15) is 34.1 Å². The molecule has 0 bridgehead atoms. The highest BCUT2D eigenvalue weighted by atomic mass is 16.6. The maximum Gasteiger partial charge on any atom is 0.488 e. The Morgan fingerprint density at radius 3 is 0.950 bits per heavy atom. The van der Waals surface area contributed by atoms with Crippen molar-refractivity contribution in [2.24, 2.45) is 0 Å². The van der Waals surface area contributed by atoms with Gasteiger partial charge in [-0.1, -0.05) is 14.9 Å². The van der Waals surface area contributed by atoms with E-state index in [0.29, 0.717) is 0 Å². The summed E-state index contributed by atoms with van der Waals surface area (Å²) in [4.78, 5) is 0. The van der Waals surface area contributed by atoms with Gasteiger partial charge >= 0.3 is 23.1 Å². The molecule has 0 aromatic carbocycles. The zero-order chi connectivity index (χ0) is 12.7. The molecule has 3 radical (unpaired) electrons. The van der Waals surface area contributed by atoms with Gasteiger partial charge in [0.25, 0.3) is 0 Å². The molecule has 3 aliphatic rings. The van der Waals surface area contributed by atoms with E-state index in [-0.39, 0.29) is 14.9 Å². The molecule has 6 nitrogen and oxygen atoms in total. The molecule has 0 aromatic heterocycles. The van der Waals surface area contributed by atoms with Crippen molar-refractivity contribution in [1.82, 2.24) is 0 Å². The first-order valence-electron chi connectivity index (χ1n) is 6.15. The fourth-order valence-electron chi connectivity index (χ4n) is 1.13. The van der Waals surface area contributed by atoms with Crippen LogP contribution in [-0.4, -0.2) is 62.7 Å². The van der Waals surface area contributed by atoms with Gasteiger partial charge in [-0.15, -0.1) is 0 Å². The molecule has 3 saturated heterocycles. The molecule has 3 rings (SSSR count). The molecule has 0 atom stereocenters. The van der Waals surface area contributed by atoms with E-state index in [4.69, 9.17) is 18.6 Å². The van der Waals surface area contributed by atoms with Crippen molar-refractivity contribution in [3.8, 4) is 0 Å². The van der Waals surface area contributed by atoms with Gasteiger partial charge in [0.05, 0.1) is 13.2 Å². The van der Waals surface area contributed by atoms with Gasteiger partial charge in [-0.2, -0.15) is 0 Å². The van der Waals surface area contributed by atoms with E-state index in [1.54, 1.807) is 0 Å². The topological polar surface area (TPSA) is 55.4 Å². The van der Waals surface area contributed by atoms with Crippen molar-refractivity contribution in [3.63, 3.8) is 0 Å². The van der Waals surface area contributed by atoms with Crippen LogP contribution in [0.15, 0.2) is 0 Å². The zero-order valence-electron chi connectivity index (χ0n) is 10.5. The van der Waals surface area contributed by atoms with E-state index in [1.165, 1.54) is 23.1 Å². The highest BCUT2D eigenvalue weighted by molar-refractivity contribution is 6.18. The lowest BCUT2D eigenvalue weighted by Crippen LogP contribution is -2.14. The quantitative estimate of drug-likeness (QED) is 0.623. The van der Waals surface area contributed by atoms with E-state index in [0.717, 1.165) is 58.9 Å². The summed E-state index contributed by atoms with van der Waals surface area (Å²) in [6, 6.07) is 0. The van der Waals surface area contributed by atoms with Crippen LogP contribution in [0.2, 0.25) is 0 Å². The number of hydrogen-bond acceptors (Lipinski definition) is 6. The maximum atomic E-state index is 4.85. The van der Waals surface area contributed by atoms with Gasteiger partial charge < -0.3 is 27.9 Å². The predicted molar refractivity (Wildman–Crippen MR) is 80.3 cm³/mol. The van der Waals surface area contributed by atoms with Gasteiger partial charge in [-0.05, 0) is 19.3 Å². The molecule has 0 saturated carbocycles. The first-order valence-corrected chi connectivity index (χ1v) is 6.15. The van der Waals surface area contributed by atoms with E-state index in [2.05, 4.69) is 9.31 Å². The summed E-state index contributed by atoms with van der Waals surface area (Å²) in [7, 11) is 4.18. The largest absolute Gasteiger partial charge is 0.488 e. The Hall–Kier alpha value is -0.0452. The predicted octanol–water partition coefficient (Wildman–Crippen LogP) is 1.14. The SMILES string of the molecule is C.C.[B]1OCCCCO1.[B]1OCCCO1.[B]1OCCO1. The molecule has 0 unspecified atom stereocenters. The minimum atomic E-state index is 0. The van der Waals surface area contributed by atoms with E-state index in [1.807, 2.05) is 0 Å². The van der Waals surface area contributed by atoms with Crippen LogP contribution in [-0.2, 0) is 27.9 Å². The number of rotatable bonds is 0. The molecule has 0 aromatic rings. The molecular formula is C11H26B3O6. The Morgan fingerprint density at radius 1 is 0.400 bits per heavy atom. The second-order valence-electron chi connectivity index (χ2n) is 3.57. The number of hydrogen-bond donors (Lipinski definition) is 0. The third-order valence-electron chi connectivity index (χ3n) is 2.03. The van der Waals surface area contributed by atoms with Gasteiger partial charge in [0, 0.05) is 26.4 Å². The summed E-state index contributed by atoms with van der Waals surface area (Å²) in [6.45, 7) is 4.72. The molecule has 3 aliphatic heterocycles. The fourth-order valence-corrected chi connectivity index (χ4v) is 1.13. The Balaban J connectivity index is 0. The molecule has 20 heavy (non-hydrogen) atoms. The first kappa shape index (κ1) is 22.2. The molecule has 0 spiro atoms. The average Bonchev–Trinajstić information content (AvgIpc) is 2.90. The zero-order valence-corrected chi connectivity index (χ0v) is 10.5. The Morgan fingerprint density at radius 2 is 0.700 bits per heavy atom. The Labute approximate surface area is 125 Å². The van der Waals surface area contributed by atoms with Gasteiger partial charge in [0.1, 0.15) is 0 Å². The molecular weight excluding hydrogens is 261 g/mol. The van der Waals surface area contributed by atoms with Crippen molar-refractivity contribution in [2.45, 2.75) is 34.1 Å². The smallest absolute Gasteiger partial charge is 0.413 e. The minimum Gasteiger partial charge on any atom is -0.413 e. The van der Waals surface area contributed by atoms with Gasteiger partial charge in [-0.25, -0.2) is 0 Å². The van der Waals surface area contributed by atoms with Crippen molar-refractivity contribution in [1.29, 1.82) is 0 Å². The van der Waals surface area contributed by atoms with E-state index >= 15 is 0 Å². The summed E-state index contributed by atoms with van der Waals surface area (Å²) in [5.41, 5.74) is 0. The second kappa shape index (κ2) is 19.0. The van der Waals surface area contributed by atoms with Gasteiger partial charge in [0.15, 0.2) is 0 Å². The van der Waals surface area contributed by atoms with E-state index in [9.17, 15) is 0 Å². The lowest BCUT2D eigenvalue weighted by atomic mass is 10.3. The second-order valence-corrected chi connectivity index (χ2v) is 3.57. The summed E-state index contributed by atoms with van der Waals surface area (Å²) < 4.78 is 28.3. The molecule has 3 heterocycles. The van der Waals surface area contributed by atoms with Gasteiger partial charge in [0.2, 0.25) is 0 Å². The lowest BCUT2D eigenvalue weighted by Gasteiger charge is -2.07. The van der Waals surface area contributed by atoms with Crippen LogP contribution in [0.5, 0.6) is 0 Å². The summed E-state index contributed by atoms with van der Waals surface area (Å²) in [6.07, 6.45) is 3.27. The highest BCUT2D eigenvalue weighted by Crippen LogP contribution is 1.94. The first-order chi connectivity index (χ1) is 9.00. The molecule has 3 fully saturated rings. The van der Waals surface area contributed by atoms with Crippen LogP contribution in [0, 0.1) is 0 Å². The molecule has 0 aliphatic carbocycles. The average molecular weight is 287 g/mol. The molecule has 9 heteroatoms. The van der Waals surface area contributed by atoms with Crippen LogP contribution in [0.25, 0.3) is 0 Å². The maximum absolute atomic E-state index is 4.85. The van der Waals surface area contributed by atoms with Gasteiger partial charge in [-0.3, -0.25) is 0 Å². The standard InChI is InChI=1S/C4H8BO2.C3H6BO2.C2H4BO2.2CH4/c1-2-4-7-5-6-3-1;1-2-5-4-6-3-1;1-2-5-3-4-1;;/h1-4H2;1-3H2;1-2H2;2*1H4. The Kier molecular flexibility index (Phi) is 21.1.